The molecule has 0 saturated heterocycles. The van der Waals surface area contributed by atoms with Gasteiger partial charge in [0.05, 0.1) is 5.56 Å². The van der Waals surface area contributed by atoms with E-state index in [9.17, 15) is 9.18 Å². The Bertz CT molecular complexity index is 1160. The molecule has 29 heavy (non-hydrogen) atoms. The van der Waals surface area contributed by atoms with Gasteiger partial charge in [-0.1, -0.05) is 5.16 Å². The van der Waals surface area contributed by atoms with Crippen molar-refractivity contribution in [1.29, 1.82) is 0 Å². The molecule has 0 aliphatic heterocycles. The van der Waals surface area contributed by atoms with E-state index in [1.54, 1.807) is 12.1 Å². The van der Waals surface area contributed by atoms with Gasteiger partial charge in [-0.2, -0.15) is 4.98 Å². The summed E-state index contributed by atoms with van der Waals surface area (Å²) in [6.07, 6.45) is 0. The van der Waals surface area contributed by atoms with E-state index in [1.165, 1.54) is 24.3 Å². The summed E-state index contributed by atoms with van der Waals surface area (Å²) in [5, 5.41) is 4.76. The number of esters is 1. The van der Waals surface area contributed by atoms with Crippen LogP contribution in [0.25, 0.3) is 10.9 Å². The van der Waals surface area contributed by atoms with E-state index in [4.69, 9.17) is 14.0 Å². The van der Waals surface area contributed by atoms with Crippen LogP contribution in [0.1, 0.15) is 33.3 Å². The van der Waals surface area contributed by atoms with Crippen molar-refractivity contribution in [3.8, 4) is 5.75 Å². The number of hydrogen-bond acceptors (Lipinski definition) is 6. The maximum absolute atomic E-state index is 12.9. The lowest BCUT2D eigenvalue weighted by Gasteiger charge is -2.03. The number of benzene rings is 2. The van der Waals surface area contributed by atoms with Crippen molar-refractivity contribution < 1.29 is 23.2 Å². The van der Waals surface area contributed by atoms with Gasteiger partial charge in [0.25, 0.3) is 5.89 Å². The lowest BCUT2D eigenvalue weighted by atomic mass is 10.1. The Morgan fingerprint density at radius 3 is 2.72 bits per heavy atom. The number of fused-ring (bicyclic) bond motifs is 1. The molecule has 0 fully saturated rings. The molecule has 0 saturated carbocycles. The highest BCUT2D eigenvalue weighted by Crippen LogP contribution is 2.23. The molecule has 4 rings (SSSR count). The average Bonchev–Trinajstić information content (AvgIpc) is 3.30. The molecule has 148 valence electrons. The van der Waals surface area contributed by atoms with E-state index in [2.05, 4.69) is 15.1 Å². The Kier molecular flexibility index (Phi) is 4.99. The van der Waals surface area contributed by atoms with E-state index in [1.807, 2.05) is 19.9 Å². The van der Waals surface area contributed by atoms with Crippen molar-refractivity contribution >= 4 is 16.9 Å². The maximum atomic E-state index is 12.9. The standard InChI is InChI=1S/C21H18FN3O4/c1-12-13(2)23-18-8-3-14(9-17(12)18)21(26)28-11-20-24-19(25-29-20)10-27-16-6-4-15(22)5-7-16/h3-9,23H,10-11H2,1-2H3. The van der Waals surface area contributed by atoms with Gasteiger partial charge in [-0.05, 0) is 61.9 Å². The van der Waals surface area contributed by atoms with Crippen molar-refractivity contribution in [1.82, 2.24) is 15.1 Å². The first kappa shape index (κ1) is 18.7. The SMILES string of the molecule is Cc1[nH]c2ccc(C(=O)OCc3nc(COc4ccc(F)cc4)no3)cc2c1C. The summed E-state index contributed by atoms with van der Waals surface area (Å²) in [5.74, 6) is 0.107. The van der Waals surface area contributed by atoms with Crippen LogP contribution in [0.3, 0.4) is 0 Å². The molecule has 2 aromatic carbocycles. The molecule has 0 radical (unpaired) electrons. The monoisotopic (exact) mass is 395 g/mol. The third-order valence-electron chi connectivity index (χ3n) is 4.56. The number of rotatable bonds is 6. The van der Waals surface area contributed by atoms with Crippen molar-refractivity contribution in [3.05, 3.63) is 76.8 Å². The van der Waals surface area contributed by atoms with Crippen molar-refractivity contribution in [3.63, 3.8) is 0 Å². The second kappa shape index (κ2) is 7.75. The summed E-state index contributed by atoms with van der Waals surface area (Å²) < 4.78 is 28.7. The van der Waals surface area contributed by atoms with Gasteiger partial charge in [0.2, 0.25) is 5.82 Å². The average molecular weight is 395 g/mol. The number of halogens is 1. The minimum atomic E-state index is -0.479. The third-order valence-corrected chi connectivity index (χ3v) is 4.56. The number of carbonyl (C=O) groups is 1. The van der Waals surface area contributed by atoms with Gasteiger partial charge in [-0.3, -0.25) is 0 Å². The summed E-state index contributed by atoms with van der Waals surface area (Å²) in [7, 11) is 0. The van der Waals surface area contributed by atoms with E-state index in [0.717, 1.165) is 22.2 Å². The number of carbonyl (C=O) groups excluding carboxylic acids is 1. The van der Waals surface area contributed by atoms with Crippen LogP contribution in [0.2, 0.25) is 0 Å². The van der Waals surface area contributed by atoms with Crippen molar-refractivity contribution in [2.45, 2.75) is 27.1 Å². The fraction of sp³-hybridized carbons (Fsp3) is 0.190. The number of H-pyrrole nitrogens is 1. The minimum absolute atomic E-state index is 0.0475. The van der Waals surface area contributed by atoms with Gasteiger partial charge in [-0.15, -0.1) is 0 Å². The first-order valence-corrected chi connectivity index (χ1v) is 8.95. The van der Waals surface area contributed by atoms with Crippen LogP contribution in [0.5, 0.6) is 5.75 Å². The van der Waals surface area contributed by atoms with Crippen LogP contribution in [0.15, 0.2) is 47.0 Å². The van der Waals surface area contributed by atoms with Crippen molar-refractivity contribution in [2.75, 3.05) is 0 Å². The lowest BCUT2D eigenvalue weighted by molar-refractivity contribution is 0.0430. The summed E-state index contributed by atoms with van der Waals surface area (Å²) in [6, 6.07) is 10.9. The predicted molar refractivity (Wildman–Crippen MR) is 102 cm³/mol. The first-order valence-electron chi connectivity index (χ1n) is 8.95. The van der Waals surface area contributed by atoms with Gasteiger partial charge >= 0.3 is 5.97 Å². The van der Waals surface area contributed by atoms with Gasteiger partial charge in [0.15, 0.2) is 13.2 Å². The van der Waals surface area contributed by atoms with E-state index >= 15 is 0 Å². The van der Waals surface area contributed by atoms with Gasteiger partial charge in [0, 0.05) is 16.6 Å². The molecule has 0 aliphatic rings. The number of aryl methyl sites for hydroxylation is 2. The third kappa shape index (κ3) is 4.11. The van der Waals surface area contributed by atoms with Crippen LogP contribution in [0.4, 0.5) is 4.39 Å². The first-order chi connectivity index (χ1) is 14.0. The highest BCUT2D eigenvalue weighted by molar-refractivity contribution is 5.96. The number of hydrogen-bond donors (Lipinski definition) is 1. The lowest BCUT2D eigenvalue weighted by Crippen LogP contribution is -2.05. The van der Waals surface area contributed by atoms with E-state index < -0.39 is 5.97 Å². The molecule has 7 nitrogen and oxygen atoms in total. The van der Waals surface area contributed by atoms with Crippen LogP contribution >= 0.6 is 0 Å². The highest BCUT2D eigenvalue weighted by atomic mass is 19.1. The second-order valence-electron chi connectivity index (χ2n) is 6.56. The van der Waals surface area contributed by atoms with Gasteiger partial charge in [-0.25, -0.2) is 9.18 Å². The smallest absolute Gasteiger partial charge is 0.338 e. The Morgan fingerprint density at radius 2 is 1.93 bits per heavy atom. The predicted octanol–water partition coefficient (Wildman–Crippen LogP) is 4.24. The zero-order valence-corrected chi connectivity index (χ0v) is 15.9. The number of ether oxygens (including phenoxy) is 2. The molecule has 4 aromatic rings. The molecule has 2 heterocycles. The van der Waals surface area contributed by atoms with Crippen molar-refractivity contribution in [2.24, 2.45) is 0 Å². The molecule has 0 spiro atoms. The fourth-order valence-corrected chi connectivity index (χ4v) is 2.88. The summed E-state index contributed by atoms with van der Waals surface area (Å²) >= 11 is 0. The largest absolute Gasteiger partial charge is 0.485 e. The summed E-state index contributed by atoms with van der Waals surface area (Å²) in [6.45, 7) is 3.88. The normalized spacial score (nSPS) is 11.0. The topological polar surface area (TPSA) is 90.2 Å². The second-order valence-corrected chi connectivity index (χ2v) is 6.56. The Morgan fingerprint density at radius 1 is 1.14 bits per heavy atom. The molecular weight excluding hydrogens is 377 g/mol. The molecular formula is C21H18FN3O4. The van der Waals surface area contributed by atoms with Crippen LogP contribution in [0, 0.1) is 19.7 Å². The van der Waals surface area contributed by atoms with Gasteiger partial charge in [0.1, 0.15) is 11.6 Å². The van der Waals surface area contributed by atoms with E-state index in [0.29, 0.717) is 17.1 Å². The Hall–Kier alpha value is -3.68. The quantitative estimate of drug-likeness (QED) is 0.491. The minimum Gasteiger partial charge on any atom is -0.485 e. The van der Waals surface area contributed by atoms with Crippen LogP contribution in [-0.2, 0) is 18.0 Å². The molecule has 0 unspecified atom stereocenters. The maximum Gasteiger partial charge on any atom is 0.338 e. The number of aromatic nitrogens is 3. The van der Waals surface area contributed by atoms with Crippen LogP contribution < -0.4 is 4.74 Å². The van der Waals surface area contributed by atoms with E-state index in [-0.39, 0.29) is 24.9 Å². The molecule has 0 aliphatic carbocycles. The summed E-state index contributed by atoms with van der Waals surface area (Å²) in [4.78, 5) is 19.7. The number of nitrogens with one attached hydrogen (secondary N) is 1. The summed E-state index contributed by atoms with van der Waals surface area (Å²) in [5.41, 5.74) is 3.57. The van der Waals surface area contributed by atoms with Crippen LogP contribution in [-0.4, -0.2) is 21.1 Å². The molecule has 1 N–H and O–H groups in total. The zero-order chi connectivity index (χ0) is 20.4. The zero-order valence-electron chi connectivity index (χ0n) is 15.9. The molecule has 0 atom stereocenters. The highest BCUT2D eigenvalue weighted by Gasteiger charge is 2.14. The fourth-order valence-electron chi connectivity index (χ4n) is 2.88. The molecule has 0 bridgehead atoms. The number of nitrogens with zero attached hydrogens (tertiary/aromatic N) is 2. The Labute approximate surface area is 165 Å². The number of aromatic amines is 1. The van der Waals surface area contributed by atoms with Gasteiger partial charge < -0.3 is 19.0 Å². The molecule has 0 amide bonds. The molecule has 2 aromatic heterocycles. The molecule has 8 heteroatoms. The Balaban J connectivity index is 1.35.